The van der Waals surface area contributed by atoms with Crippen LogP contribution in [0.2, 0.25) is 0 Å². The summed E-state index contributed by atoms with van der Waals surface area (Å²) in [6.45, 7) is 8.59. The molecule has 1 aliphatic heterocycles. The molecule has 0 spiro atoms. The van der Waals surface area contributed by atoms with Gasteiger partial charge in [0, 0.05) is 50.0 Å². The summed E-state index contributed by atoms with van der Waals surface area (Å²) in [5, 5.41) is 7.69. The minimum absolute atomic E-state index is 0. The van der Waals surface area contributed by atoms with Gasteiger partial charge in [-0.15, -0.1) is 35.7 Å². The molecule has 0 saturated carbocycles. The number of hydrogen-bond acceptors (Lipinski definition) is 3. The molecule has 13 aromatic rings. The van der Waals surface area contributed by atoms with Gasteiger partial charge < -0.3 is 18.8 Å². The molecule has 14 rings (SSSR count). The number of nitrogens with zero attached hydrogens (tertiary/aromatic N) is 4. The van der Waals surface area contributed by atoms with E-state index >= 15 is 0 Å². The van der Waals surface area contributed by atoms with Gasteiger partial charge in [0.1, 0.15) is 5.82 Å². The molecule has 368 valence electrons. The Morgan fingerprint density at radius 3 is 1.74 bits per heavy atom. The minimum Gasteiger partial charge on any atom is -0.509 e. The van der Waals surface area contributed by atoms with Crippen molar-refractivity contribution in [3.8, 4) is 50.7 Å². The van der Waals surface area contributed by atoms with Gasteiger partial charge >= 0.3 is 0 Å². The van der Waals surface area contributed by atoms with Crippen molar-refractivity contribution in [3.63, 3.8) is 0 Å². The summed E-state index contributed by atoms with van der Waals surface area (Å²) in [6, 6.07) is 58.1. The maximum Gasteiger partial charge on any atom is 0.135 e. The Labute approximate surface area is 470 Å². The van der Waals surface area contributed by atoms with Crippen LogP contribution < -0.4 is 9.64 Å². The third-order valence-corrected chi connectivity index (χ3v) is 14.2. The van der Waals surface area contributed by atoms with Crippen LogP contribution in [0.5, 0.6) is 11.5 Å². The van der Waals surface area contributed by atoms with Gasteiger partial charge in [-0.2, -0.15) is 12.1 Å². The summed E-state index contributed by atoms with van der Waals surface area (Å²) in [5.74, 6) is 1.70. The zero-order valence-corrected chi connectivity index (χ0v) is 43.6. The van der Waals surface area contributed by atoms with E-state index in [4.69, 9.17) is 23.4 Å². The summed E-state index contributed by atoms with van der Waals surface area (Å²) in [4.78, 5) is 6.94. The molecule has 6 heteroatoms. The predicted octanol–water partition coefficient (Wildman–Crippen LogP) is 18.5. The van der Waals surface area contributed by atoms with Crippen LogP contribution in [0, 0.1) is 18.8 Å². The summed E-state index contributed by atoms with van der Waals surface area (Å²) < 4.78 is 99.4. The van der Waals surface area contributed by atoms with Crippen LogP contribution in [0.4, 0.5) is 11.4 Å². The van der Waals surface area contributed by atoms with Gasteiger partial charge in [0.15, 0.2) is 0 Å². The fourth-order valence-corrected chi connectivity index (χ4v) is 10.7. The molecule has 0 N–H and O–H groups in total. The van der Waals surface area contributed by atoms with Crippen molar-refractivity contribution < 1.29 is 39.5 Å². The third-order valence-electron chi connectivity index (χ3n) is 14.2. The normalized spacial score (nSPS) is 14.0. The Bertz CT molecular complexity index is 4960. The van der Waals surface area contributed by atoms with Gasteiger partial charge in [0.05, 0.1) is 13.7 Å². The van der Waals surface area contributed by atoms with Crippen molar-refractivity contribution in [3.05, 3.63) is 261 Å². The van der Waals surface area contributed by atoms with Crippen LogP contribution in [-0.2, 0) is 26.5 Å². The maximum atomic E-state index is 9.16. The van der Waals surface area contributed by atoms with Crippen LogP contribution in [0.25, 0.3) is 104 Å². The van der Waals surface area contributed by atoms with Crippen LogP contribution in [0.3, 0.4) is 0 Å². The maximum absolute atomic E-state index is 9.16. The molecule has 4 heterocycles. The molecular formula is C70H49N4OPt-3. The van der Waals surface area contributed by atoms with E-state index in [2.05, 4.69) is 120 Å². The number of ether oxygens (including phenoxy) is 1. The van der Waals surface area contributed by atoms with E-state index in [0.717, 1.165) is 76.7 Å². The van der Waals surface area contributed by atoms with Gasteiger partial charge in [-0.05, 0) is 142 Å². The zero-order valence-electron chi connectivity index (χ0n) is 51.3. The van der Waals surface area contributed by atoms with E-state index < -0.39 is 60.4 Å². The molecule has 10 aromatic carbocycles. The standard InChI is InChI=1S/C70H49N4O.Pt/c1-70(2,3)51-37-38-71-67(42-51)74-64-33-15-14-29-60(64)61-36-35-54(44-66(61)74)75-53-24-16-23-52(43-53)72-45-73-68-55(50-40-48(46-19-6-4-7-20-46)39-49(41-50)47-21-8-5-9-22-47)30-17-31-62(68)58-27-12-10-25-56(58)57-26-11-13-28-59(57)63-32-18-34-65(72)69(63)73;/h4-42,45H,1-3H3;/q-3;/i4D,5D,6D,7D,8D,9D,19D,20D,21D,22D;. The molecule has 0 radical (unpaired) electrons. The van der Waals surface area contributed by atoms with Gasteiger partial charge in [-0.3, -0.25) is 0 Å². The van der Waals surface area contributed by atoms with Gasteiger partial charge in [-0.1, -0.05) is 189 Å². The quantitative estimate of drug-likeness (QED) is 0.149. The average molecular weight is 1170 g/mol. The number of aromatic nitrogens is 3. The fourth-order valence-electron chi connectivity index (χ4n) is 10.7. The molecule has 1 aliphatic rings. The van der Waals surface area contributed by atoms with E-state index in [1.54, 1.807) is 12.1 Å². The summed E-state index contributed by atoms with van der Waals surface area (Å²) in [7, 11) is 0. The number of anilines is 2. The first-order chi connectivity index (χ1) is 41.0. The van der Waals surface area contributed by atoms with Gasteiger partial charge in [0.2, 0.25) is 0 Å². The Kier molecular flexibility index (Phi) is 9.13. The van der Waals surface area contributed by atoms with Gasteiger partial charge in [0.25, 0.3) is 0 Å². The van der Waals surface area contributed by atoms with E-state index in [1.807, 2.05) is 91.7 Å². The Balaban J connectivity index is 0.00000686. The number of hydrogen-bond donors (Lipinski definition) is 0. The number of pyridine rings is 1. The second-order valence-corrected chi connectivity index (χ2v) is 19.7. The van der Waals surface area contributed by atoms with Crippen molar-refractivity contribution in [2.75, 3.05) is 4.90 Å². The van der Waals surface area contributed by atoms with Crippen molar-refractivity contribution in [2.45, 2.75) is 26.2 Å². The molecule has 0 aliphatic carbocycles. The largest absolute Gasteiger partial charge is 0.509 e. The first kappa shape index (κ1) is 36.9. The molecule has 76 heavy (non-hydrogen) atoms. The van der Waals surface area contributed by atoms with Crippen LogP contribution in [-0.4, -0.2) is 14.1 Å². The van der Waals surface area contributed by atoms with E-state index in [9.17, 15) is 0 Å². The number of para-hydroxylation sites is 3. The summed E-state index contributed by atoms with van der Waals surface area (Å²) in [6.07, 6.45) is 1.86. The Morgan fingerprint density at radius 1 is 0.500 bits per heavy atom. The second kappa shape index (κ2) is 18.8. The third kappa shape index (κ3) is 7.98. The topological polar surface area (TPSA) is 35.2 Å². The first-order valence-corrected chi connectivity index (χ1v) is 24.8. The molecule has 5 nitrogen and oxygen atoms in total. The molecular weight excluding hydrogens is 1110 g/mol. The minimum atomic E-state index is -0.561. The molecule has 0 unspecified atom stereocenters. The monoisotopic (exact) mass is 1170 g/mol. The van der Waals surface area contributed by atoms with E-state index in [0.29, 0.717) is 33.8 Å². The zero-order chi connectivity index (χ0) is 58.9. The van der Waals surface area contributed by atoms with Crippen LogP contribution in [0.1, 0.15) is 40.0 Å². The molecule has 0 amide bonds. The van der Waals surface area contributed by atoms with Crippen LogP contribution in [0.15, 0.2) is 236 Å². The molecule has 0 fully saturated rings. The second-order valence-electron chi connectivity index (χ2n) is 19.7. The van der Waals surface area contributed by atoms with Crippen molar-refractivity contribution >= 4 is 76.5 Å². The molecule has 0 saturated heterocycles. The number of benzene rings is 10. The number of fused-ring (bicyclic) bond motifs is 10. The Morgan fingerprint density at radius 2 is 1.07 bits per heavy atom. The molecule has 0 atom stereocenters. The smallest absolute Gasteiger partial charge is 0.135 e. The fraction of sp³-hybridized carbons (Fsp3) is 0.0571. The predicted molar refractivity (Wildman–Crippen MR) is 312 cm³/mol. The van der Waals surface area contributed by atoms with Crippen molar-refractivity contribution in [1.29, 1.82) is 0 Å². The summed E-state index contributed by atoms with van der Waals surface area (Å²) in [5.41, 5.74) is 7.16. The Hall–Kier alpha value is -8.89. The average Bonchev–Trinajstić information content (AvgIpc) is 1.65. The van der Waals surface area contributed by atoms with Crippen molar-refractivity contribution in [1.82, 2.24) is 14.1 Å². The SMILES string of the molecule is [2H]c1c([2H])c([2H])c(-c2cc(-c3c([2H])c([2H])c([2H])c([2H])c3[2H])cc(-c3cccc4c5ccccc5c5ccccc5c5cccc6c5n(c34)[CH-]N6c3[c-]c(Oc4[c-]c5c(cc4)c4ccccc4n5-c4cc(C(C)(C)C)ccn4)ccc3)c2)c([2H])c1[2H].[Pt]. The van der Waals surface area contributed by atoms with Crippen molar-refractivity contribution in [2.24, 2.45) is 0 Å². The van der Waals surface area contributed by atoms with E-state index in [-0.39, 0.29) is 48.7 Å². The first-order valence-electron chi connectivity index (χ1n) is 29.8. The van der Waals surface area contributed by atoms with E-state index in [1.165, 1.54) is 6.07 Å². The molecule has 0 bridgehead atoms. The molecule has 3 aromatic heterocycles. The van der Waals surface area contributed by atoms with Crippen LogP contribution >= 0.6 is 0 Å². The number of rotatable bonds is 7. The summed E-state index contributed by atoms with van der Waals surface area (Å²) >= 11 is 0. The van der Waals surface area contributed by atoms with Gasteiger partial charge in [-0.25, -0.2) is 4.98 Å².